The molecule has 0 aromatic carbocycles. The van der Waals surface area contributed by atoms with Gasteiger partial charge in [-0.05, 0) is 20.1 Å². The molecule has 0 aliphatic rings. The molecule has 0 fully saturated rings. The smallest absolute Gasteiger partial charge is 0.242 e. The number of anilines is 2. The summed E-state index contributed by atoms with van der Waals surface area (Å²) in [5.41, 5.74) is 6.41. The molecular formula is C11H20N4OS. The Morgan fingerprint density at radius 1 is 1.41 bits per heavy atom. The first-order valence-electron chi connectivity index (χ1n) is 5.58. The van der Waals surface area contributed by atoms with Crippen LogP contribution in [0.25, 0.3) is 0 Å². The lowest BCUT2D eigenvalue weighted by molar-refractivity contribution is 0.234. The van der Waals surface area contributed by atoms with Crippen LogP contribution >= 0.6 is 11.8 Å². The second-order valence-electron chi connectivity index (χ2n) is 4.03. The second kappa shape index (κ2) is 6.54. The molecule has 1 aromatic heterocycles. The molecule has 0 saturated heterocycles. The Morgan fingerprint density at radius 2 is 2.12 bits per heavy atom. The van der Waals surface area contributed by atoms with Crippen molar-refractivity contribution in [3.05, 3.63) is 6.33 Å². The number of rotatable bonds is 6. The SMILES string of the molecule is CSC(C)CNc1ncnc(OC(C)C)c1N. The van der Waals surface area contributed by atoms with E-state index in [1.165, 1.54) is 6.33 Å². The summed E-state index contributed by atoms with van der Waals surface area (Å²) < 4.78 is 5.50. The molecule has 0 saturated carbocycles. The zero-order valence-electron chi connectivity index (χ0n) is 10.7. The molecule has 6 heteroatoms. The number of nitrogens with one attached hydrogen (secondary N) is 1. The standard InChI is InChI=1S/C11H20N4OS/c1-7(2)16-11-9(12)10(14-6-15-11)13-5-8(3)17-4/h6-8H,5,12H2,1-4H3,(H,13,14,15). The lowest BCUT2D eigenvalue weighted by Crippen LogP contribution is -2.16. The number of nitrogen functional groups attached to an aromatic ring is 1. The Bertz CT molecular complexity index is 359. The Morgan fingerprint density at radius 3 is 2.71 bits per heavy atom. The van der Waals surface area contributed by atoms with E-state index in [0.29, 0.717) is 22.6 Å². The summed E-state index contributed by atoms with van der Waals surface area (Å²) in [6, 6.07) is 0. The maximum absolute atomic E-state index is 5.94. The van der Waals surface area contributed by atoms with E-state index in [-0.39, 0.29) is 6.10 Å². The van der Waals surface area contributed by atoms with Crippen molar-refractivity contribution in [1.82, 2.24) is 9.97 Å². The van der Waals surface area contributed by atoms with E-state index in [2.05, 4.69) is 28.5 Å². The van der Waals surface area contributed by atoms with Crippen molar-refractivity contribution < 1.29 is 4.74 Å². The van der Waals surface area contributed by atoms with Crippen molar-refractivity contribution in [2.75, 3.05) is 23.9 Å². The fourth-order valence-corrected chi connectivity index (χ4v) is 1.41. The van der Waals surface area contributed by atoms with Crippen molar-refractivity contribution in [2.24, 2.45) is 0 Å². The quantitative estimate of drug-likeness (QED) is 0.811. The normalized spacial score (nSPS) is 12.5. The van der Waals surface area contributed by atoms with Crippen LogP contribution in [0.4, 0.5) is 11.5 Å². The number of aromatic nitrogens is 2. The van der Waals surface area contributed by atoms with E-state index >= 15 is 0 Å². The topological polar surface area (TPSA) is 73.1 Å². The lowest BCUT2D eigenvalue weighted by atomic mass is 10.4. The lowest BCUT2D eigenvalue weighted by Gasteiger charge is -2.15. The minimum absolute atomic E-state index is 0.0465. The molecular weight excluding hydrogens is 236 g/mol. The minimum Gasteiger partial charge on any atom is -0.473 e. The van der Waals surface area contributed by atoms with Gasteiger partial charge in [0.2, 0.25) is 5.88 Å². The van der Waals surface area contributed by atoms with Crippen LogP contribution in [0.2, 0.25) is 0 Å². The van der Waals surface area contributed by atoms with Crippen LogP contribution < -0.4 is 15.8 Å². The molecule has 0 radical (unpaired) electrons. The third-order valence-corrected chi connectivity index (χ3v) is 3.13. The van der Waals surface area contributed by atoms with Crippen LogP contribution in [0.1, 0.15) is 20.8 Å². The molecule has 1 aromatic rings. The predicted octanol–water partition coefficient (Wildman–Crippen LogP) is 2.01. The van der Waals surface area contributed by atoms with Gasteiger partial charge in [0.15, 0.2) is 5.82 Å². The molecule has 5 nitrogen and oxygen atoms in total. The number of hydrogen-bond donors (Lipinski definition) is 2. The molecule has 1 rings (SSSR count). The van der Waals surface area contributed by atoms with Gasteiger partial charge in [0.25, 0.3) is 0 Å². The largest absolute Gasteiger partial charge is 0.473 e. The van der Waals surface area contributed by atoms with E-state index in [0.717, 1.165) is 6.54 Å². The molecule has 96 valence electrons. The second-order valence-corrected chi connectivity index (χ2v) is 5.31. The van der Waals surface area contributed by atoms with Gasteiger partial charge >= 0.3 is 0 Å². The first kappa shape index (κ1) is 13.9. The molecule has 1 unspecified atom stereocenters. The molecule has 0 spiro atoms. The average Bonchev–Trinajstić information content (AvgIpc) is 2.29. The fraction of sp³-hybridized carbons (Fsp3) is 0.636. The summed E-state index contributed by atoms with van der Waals surface area (Å²) >= 11 is 1.79. The Balaban J connectivity index is 2.72. The van der Waals surface area contributed by atoms with E-state index < -0.39 is 0 Å². The number of thioether (sulfide) groups is 1. The predicted molar refractivity (Wildman–Crippen MR) is 73.7 cm³/mol. The number of hydrogen-bond acceptors (Lipinski definition) is 6. The molecule has 0 bridgehead atoms. The van der Waals surface area contributed by atoms with Gasteiger partial charge in [0.05, 0.1) is 6.10 Å². The zero-order chi connectivity index (χ0) is 12.8. The van der Waals surface area contributed by atoms with Gasteiger partial charge in [-0.1, -0.05) is 6.92 Å². The Hall–Kier alpha value is -1.17. The first-order valence-corrected chi connectivity index (χ1v) is 6.87. The van der Waals surface area contributed by atoms with E-state index in [1.54, 1.807) is 11.8 Å². The first-order chi connectivity index (χ1) is 8.04. The van der Waals surface area contributed by atoms with E-state index in [1.807, 2.05) is 13.8 Å². The molecule has 1 atom stereocenters. The molecule has 0 aliphatic carbocycles. The minimum atomic E-state index is 0.0465. The maximum Gasteiger partial charge on any atom is 0.242 e. The molecule has 0 amide bonds. The van der Waals surface area contributed by atoms with Crippen LogP contribution in [0.5, 0.6) is 5.88 Å². The number of nitrogens with zero attached hydrogens (tertiary/aromatic N) is 2. The molecule has 1 heterocycles. The molecule has 17 heavy (non-hydrogen) atoms. The fourth-order valence-electron chi connectivity index (χ4n) is 1.16. The van der Waals surface area contributed by atoms with E-state index in [4.69, 9.17) is 10.5 Å². The van der Waals surface area contributed by atoms with Crippen molar-refractivity contribution in [3.63, 3.8) is 0 Å². The van der Waals surface area contributed by atoms with Gasteiger partial charge in [0.1, 0.15) is 12.0 Å². The highest BCUT2D eigenvalue weighted by atomic mass is 32.2. The van der Waals surface area contributed by atoms with Gasteiger partial charge in [-0.3, -0.25) is 0 Å². The van der Waals surface area contributed by atoms with Crippen LogP contribution in [0, 0.1) is 0 Å². The Kier molecular flexibility index (Phi) is 5.34. The number of nitrogens with two attached hydrogens (primary N) is 1. The zero-order valence-corrected chi connectivity index (χ0v) is 11.5. The maximum atomic E-state index is 5.94. The van der Waals surface area contributed by atoms with Crippen molar-refractivity contribution in [3.8, 4) is 5.88 Å². The highest BCUT2D eigenvalue weighted by Gasteiger charge is 2.11. The van der Waals surface area contributed by atoms with Gasteiger partial charge in [0, 0.05) is 11.8 Å². The highest BCUT2D eigenvalue weighted by molar-refractivity contribution is 7.99. The summed E-state index contributed by atoms with van der Waals surface area (Å²) in [6.45, 7) is 6.82. The summed E-state index contributed by atoms with van der Waals surface area (Å²) in [7, 11) is 0. The molecule has 3 N–H and O–H groups in total. The summed E-state index contributed by atoms with van der Waals surface area (Å²) in [6.07, 6.45) is 3.58. The van der Waals surface area contributed by atoms with Crippen LogP contribution in [-0.4, -0.2) is 34.1 Å². The van der Waals surface area contributed by atoms with Gasteiger partial charge in [-0.2, -0.15) is 16.7 Å². The van der Waals surface area contributed by atoms with Gasteiger partial charge < -0.3 is 15.8 Å². The Labute approximate surface area is 107 Å². The van der Waals surface area contributed by atoms with Crippen molar-refractivity contribution in [1.29, 1.82) is 0 Å². The van der Waals surface area contributed by atoms with Crippen LogP contribution in [-0.2, 0) is 0 Å². The monoisotopic (exact) mass is 256 g/mol. The summed E-state index contributed by atoms with van der Waals surface area (Å²) in [4.78, 5) is 8.14. The van der Waals surface area contributed by atoms with Crippen LogP contribution in [0.3, 0.4) is 0 Å². The van der Waals surface area contributed by atoms with E-state index in [9.17, 15) is 0 Å². The highest BCUT2D eigenvalue weighted by Crippen LogP contribution is 2.25. The van der Waals surface area contributed by atoms with Gasteiger partial charge in [-0.25, -0.2) is 4.98 Å². The molecule has 0 aliphatic heterocycles. The van der Waals surface area contributed by atoms with Crippen molar-refractivity contribution in [2.45, 2.75) is 32.1 Å². The summed E-state index contributed by atoms with van der Waals surface area (Å²) in [5.74, 6) is 1.07. The number of ether oxygens (including phenoxy) is 1. The third-order valence-electron chi connectivity index (χ3n) is 2.15. The van der Waals surface area contributed by atoms with Crippen molar-refractivity contribution >= 4 is 23.3 Å². The van der Waals surface area contributed by atoms with Crippen LogP contribution in [0.15, 0.2) is 6.33 Å². The van der Waals surface area contributed by atoms with Gasteiger partial charge in [-0.15, -0.1) is 0 Å². The average molecular weight is 256 g/mol. The third kappa shape index (κ3) is 4.30. The summed E-state index contributed by atoms with van der Waals surface area (Å²) in [5, 5.41) is 3.70.